The molecule has 22 heavy (non-hydrogen) atoms. The van der Waals surface area contributed by atoms with E-state index in [2.05, 4.69) is 9.97 Å². The molecule has 0 spiro atoms. The van der Waals surface area contributed by atoms with Crippen molar-refractivity contribution < 1.29 is 9.53 Å². The Kier molecular flexibility index (Phi) is 3.42. The van der Waals surface area contributed by atoms with Gasteiger partial charge < -0.3 is 14.6 Å². The van der Waals surface area contributed by atoms with Gasteiger partial charge in [0.15, 0.2) is 0 Å². The number of H-pyrrole nitrogens is 1. The fourth-order valence-electron chi connectivity index (χ4n) is 2.79. The first kappa shape index (κ1) is 14.6. The molecule has 3 rings (SSSR count). The predicted molar refractivity (Wildman–Crippen MR) is 81.8 cm³/mol. The third-order valence-corrected chi connectivity index (χ3v) is 3.70. The van der Waals surface area contributed by atoms with Gasteiger partial charge in [0.2, 0.25) is 0 Å². The summed E-state index contributed by atoms with van der Waals surface area (Å²) in [4.78, 5) is 32.8. The second-order valence-electron chi connectivity index (χ2n) is 6.56. The van der Waals surface area contributed by atoms with E-state index >= 15 is 0 Å². The molecule has 2 aromatic rings. The van der Waals surface area contributed by atoms with E-state index in [1.54, 1.807) is 21.9 Å². The zero-order valence-corrected chi connectivity index (χ0v) is 13.0. The number of nitrogens with zero attached hydrogens (tertiary/aromatic N) is 3. The van der Waals surface area contributed by atoms with Crippen molar-refractivity contribution in [3.63, 3.8) is 0 Å². The van der Waals surface area contributed by atoms with Crippen molar-refractivity contribution >= 4 is 17.1 Å². The highest BCUT2D eigenvalue weighted by atomic mass is 16.6. The number of aromatic amines is 1. The van der Waals surface area contributed by atoms with Gasteiger partial charge in [0.25, 0.3) is 0 Å². The molecule has 2 aromatic heterocycles. The Hall–Kier alpha value is -2.31. The van der Waals surface area contributed by atoms with Crippen LogP contribution in [0.3, 0.4) is 0 Å². The Morgan fingerprint density at radius 2 is 2.23 bits per heavy atom. The van der Waals surface area contributed by atoms with Crippen LogP contribution < -0.4 is 5.69 Å². The molecule has 0 aromatic carbocycles. The van der Waals surface area contributed by atoms with Crippen LogP contribution in [0.4, 0.5) is 4.79 Å². The molecule has 0 radical (unpaired) electrons. The zero-order valence-electron chi connectivity index (χ0n) is 13.0. The molecule has 1 amide bonds. The van der Waals surface area contributed by atoms with Crippen molar-refractivity contribution in [3.8, 4) is 0 Å². The van der Waals surface area contributed by atoms with Crippen molar-refractivity contribution in [2.45, 2.75) is 38.8 Å². The van der Waals surface area contributed by atoms with E-state index in [4.69, 9.17) is 4.74 Å². The highest BCUT2D eigenvalue weighted by Gasteiger charge is 2.32. The second-order valence-corrected chi connectivity index (χ2v) is 6.56. The summed E-state index contributed by atoms with van der Waals surface area (Å²) in [5, 5.41) is 0. The minimum Gasteiger partial charge on any atom is -0.444 e. The van der Waals surface area contributed by atoms with Crippen molar-refractivity contribution in [3.05, 3.63) is 28.9 Å². The lowest BCUT2D eigenvalue weighted by Crippen LogP contribution is -2.36. The van der Waals surface area contributed by atoms with Gasteiger partial charge in [-0.2, -0.15) is 0 Å². The van der Waals surface area contributed by atoms with Crippen LogP contribution in [0.1, 0.15) is 33.2 Å². The van der Waals surface area contributed by atoms with Crippen LogP contribution >= 0.6 is 0 Å². The van der Waals surface area contributed by atoms with E-state index in [0.717, 1.165) is 11.9 Å². The zero-order chi connectivity index (χ0) is 15.9. The fourth-order valence-corrected chi connectivity index (χ4v) is 2.79. The van der Waals surface area contributed by atoms with Gasteiger partial charge >= 0.3 is 11.8 Å². The average molecular weight is 304 g/mol. The highest BCUT2D eigenvalue weighted by Crippen LogP contribution is 2.25. The van der Waals surface area contributed by atoms with Gasteiger partial charge in [-0.1, -0.05) is 0 Å². The van der Waals surface area contributed by atoms with Gasteiger partial charge in [-0.25, -0.2) is 9.59 Å². The van der Waals surface area contributed by atoms with Gasteiger partial charge in [-0.3, -0.25) is 9.55 Å². The smallest absolute Gasteiger partial charge is 0.410 e. The Morgan fingerprint density at radius 1 is 1.45 bits per heavy atom. The maximum Gasteiger partial charge on any atom is 0.410 e. The number of imidazole rings is 1. The normalized spacial score (nSPS) is 18.9. The Morgan fingerprint density at radius 3 is 2.95 bits per heavy atom. The topological polar surface area (TPSA) is 80.2 Å². The number of fused-ring (bicyclic) bond motifs is 1. The number of ether oxygens (including phenoxy) is 1. The summed E-state index contributed by atoms with van der Waals surface area (Å²) < 4.78 is 7.10. The molecule has 1 aliphatic heterocycles. The third kappa shape index (κ3) is 2.70. The van der Waals surface area contributed by atoms with Gasteiger partial charge in [0.05, 0.1) is 23.3 Å². The number of pyridine rings is 1. The standard InChI is InChI=1S/C15H20N4O3/c1-15(2,3)22-14(21)18-7-5-10(9-18)19-12-4-6-16-8-11(12)17-13(19)20/h4,6,8,10H,5,7,9H2,1-3H3,(H,17,20). The minimum absolute atomic E-state index is 0.0452. The predicted octanol–water partition coefficient (Wildman–Crippen LogP) is 1.91. The van der Waals surface area contributed by atoms with E-state index in [1.807, 2.05) is 26.8 Å². The summed E-state index contributed by atoms with van der Waals surface area (Å²) in [5.74, 6) is 0. The summed E-state index contributed by atoms with van der Waals surface area (Å²) in [6, 6.07) is 1.76. The van der Waals surface area contributed by atoms with Crippen LogP contribution in [0.2, 0.25) is 0 Å². The number of amides is 1. The molecular weight excluding hydrogens is 284 g/mol. The molecule has 1 atom stereocenters. The first-order chi connectivity index (χ1) is 10.3. The molecule has 1 fully saturated rings. The van der Waals surface area contributed by atoms with Crippen LogP contribution in [0.15, 0.2) is 23.3 Å². The first-order valence-corrected chi connectivity index (χ1v) is 7.37. The molecule has 1 saturated heterocycles. The molecule has 1 unspecified atom stereocenters. The number of nitrogens with one attached hydrogen (secondary N) is 1. The van der Waals surface area contributed by atoms with Crippen molar-refractivity contribution in [2.75, 3.05) is 13.1 Å². The molecule has 0 aliphatic carbocycles. The van der Waals surface area contributed by atoms with Crippen molar-refractivity contribution in [1.29, 1.82) is 0 Å². The lowest BCUT2D eigenvalue weighted by molar-refractivity contribution is 0.0289. The molecule has 118 valence electrons. The number of likely N-dealkylation sites (tertiary alicyclic amines) is 1. The quantitative estimate of drug-likeness (QED) is 0.872. The molecule has 7 heteroatoms. The van der Waals surface area contributed by atoms with Crippen LogP contribution in [-0.2, 0) is 4.74 Å². The fraction of sp³-hybridized carbons (Fsp3) is 0.533. The summed E-state index contributed by atoms with van der Waals surface area (Å²) in [6.45, 7) is 6.59. The molecule has 0 bridgehead atoms. The molecule has 7 nitrogen and oxygen atoms in total. The summed E-state index contributed by atoms with van der Waals surface area (Å²) in [6.07, 6.45) is 3.69. The van der Waals surface area contributed by atoms with Crippen LogP contribution in [0.5, 0.6) is 0 Å². The lowest BCUT2D eigenvalue weighted by Gasteiger charge is -2.24. The van der Waals surface area contributed by atoms with E-state index < -0.39 is 5.60 Å². The monoisotopic (exact) mass is 304 g/mol. The maximum atomic E-state index is 12.2. The average Bonchev–Trinajstić information content (AvgIpc) is 2.99. The van der Waals surface area contributed by atoms with Gasteiger partial charge in [0, 0.05) is 19.3 Å². The van der Waals surface area contributed by atoms with Crippen LogP contribution in [-0.4, -0.2) is 44.2 Å². The molecule has 3 heterocycles. The lowest BCUT2D eigenvalue weighted by atomic mass is 10.2. The molecular formula is C15H20N4O3. The number of carbonyl (C=O) groups is 1. The van der Waals surface area contributed by atoms with Gasteiger partial charge in [-0.15, -0.1) is 0 Å². The van der Waals surface area contributed by atoms with E-state index in [9.17, 15) is 9.59 Å². The summed E-state index contributed by atoms with van der Waals surface area (Å²) in [7, 11) is 0. The molecule has 1 aliphatic rings. The van der Waals surface area contributed by atoms with Gasteiger partial charge in [-0.05, 0) is 33.3 Å². The van der Waals surface area contributed by atoms with E-state index in [1.165, 1.54) is 0 Å². The number of carbonyl (C=O) groups excluding carboxylic acids is 1. The van der Waals surface area contributed by atoms with Gasteiger partial charge in [0.1, 0.15) is 5.60 Å². The van der Waals surface area contributed by atoms with E-state index in [-0.39, 0.29) is 17.8 Å². The SMILES string of the molecule is CC(C)(C)OC(=O)N1CCC(n2c(=O)[nH]c3cnccc32)C1. The van der Waals surface area contributed by atoms with E-state index in [0.29, 0.717) is 18.6 Å². The summed E-state index contributed by atoms with van der Waals surface area (Å²) >= 11 is 0. The minimum atomic E-state index is -0.515. The Labute approximate surface area is 127 Å². The number of rotatable bonds is 1. The number of hydrogen-bond acceptors (Lipinski definition) is 4. The van der Waals surface area contributed by atoms with Crippen LogP contribution in [0.25, 0.3) is 11.0 Å². The Balaban J connectivity index is 1.82. The third-order valence-electron chi connectivity index (χ3n) is 3.70. The van der Waals surface area contributed by atoms with Crippen molar-refractivity contribution in [2.24, 2.45) is 0 Å². The summed E-state index contributed by atoms with van der Waals surface area (Å²) in [5.41, 5.74) is 0.844. The molecule has 0 saturated carbocycles. The molecule has 1 N–H and O–H groups in total. The number of aromatic nitrogens is 3. The van der Waals surface area contributed by atoms with Crippen molar-refractivity contribution in [1.82, 2.24) is 19.4 Å². The largest absolute Gasteiger partial charge is 0.444 e. The number of hydrogen-bond donors (Lipinski definition) is 1. The highest BCUT2D eigenvalue weighted by molar-refractivity contribution is 5.74. The second kappa shape index (κ2) is 5.15. The first-order valence-electron chi connectivity index (χ1n) is 7.37. The Bertz CT molecular complexity index is 756. The van der Waals surface area contributed by atoms with Crippen LogP contribution in [0, 0.1) is 0 Å². The maximum absolute atomic E-state index is 12.2.